The molecule has 0 fully saturated rings. The van der Waals surface area contributed by atoms with Crippen molar-refractivity contribution in [3.63, 3.8) is 0 Å². The van der Waals surface area contributed by atoms with E-state index in [0.717, 1.165) is 22.7 Å². The summed E-state index contributed by atoms with van der Waals surface area (Å²) in [6, 6.07) is 22.1. The summed E-state index contributed by atoms with van der Waals surface area (Å²) in [5.41, 5.74) is 1.86. The topological polar surface area (TPSA) is 28.3 Å². The molecule has 0 aliphatic carbocycles. The summed E-state index contributed by atoms with van der Waals surface area (Å²) in [5, 5.41) is 0.792. The van der Waals surface area contributed by atoms with Gasteiger partial charge in [-0.15, -0.1) is 0 Å². The lowest BCUT2D eigenvalue weighted by Crippen LogP contribution is -2.33. The van der Waals surface area contributed by atoms with Crippen molar-refractivity contribution in [2.24, 2.45) is 5.92 Å². The molecule has 4 rings (SSSR count). The molecule has 2 unspecified atom stereocenters. The van der Waals surface area contributed by atoms with Crippen LogP contribution in [0.4, 0.5) is 13.2 Å². The Hall–Kier alpha value is -2.96. The fraction of sp³-hybridized carbons (Fsp3) is 0.310. The van der Waals surface area contributed by atoms with Gasteiger partial charge in [-0.25, -0.2) is 0 Å². The van der Waals surface area contributed by atoms with Crippen LogP contribution in [0, 0.1) is 5.92 Å². The van der Waals surface area contributed by atoms with Crippen LogP contribution in [0.1, 0.15) is 36.5 Å². The Labute approximate surface area is 214 Å². The number of rotatable bonds is 10. The van der Waals surface area contributed by atoms with E-state index >= 15 is 0 Å². The first-order valence-electron chi connectivity index (χ1n) is 12.0. The number of ether oxygens (including phenoxy) is 1. The Bertz CT molecular complexity index is 1270. The molecule has 0 saturated heterocycles. The van der Waals surface area contributed by atoms with Crippen molar-refractivity contribution in [2.75, 3.05) is 19.7 Å². The summed E-state index contributed by atoms with van der Waals surface area (Å²) in [4.78, 5) is 5.35. The highest BCUT2D eigenvalue weighted by molar-refractivity contribution is 6.32. The van der Waals surface area contributed by atoms with Gasteiger partial charge < -0.3 is 9.72 Å². The van der Waals surface area contributed by atoms with Crippen LogP contribution in [-0.2, 0) is 12.7 Å². The molecule has 0 amide bonds. The molecule has 4 aromatic rings. The van der Waals surface area contributed by atoms with E-state index < -0.39 is 11.7 Å². The third-order valence-corrected chi connectivity index (χ3v) is 6.77. The molecule has 0 aliphatic heterocycles. The van der Waals surface area contributed by atoms with Crippen molar-refractivity contribution in [2.45, 2.75) is 32.5 Å². The van der Waals surface area contributed by atoms with E-state index in [-0.39, 0.29) is 16.9 Å². The highest BCUT2D eigenvalue weighted by atomic mass is 35.5. The fourth-order valence-electron chi connectivity index (χ4n) is 4.55. The monoisotopic (exact) mass is 514 g/mol. The molecule has 3 nitrogen and oxygen atoms in total. The summed E-state index contributed by atoms with van der Waals surface area (Å²) in [5.74, 6) is 1.13. The van der Waals surface area contributed by atoms with Gasteiger partial charge in [-0.2, -0.15) is 13.2 Å². The van der Waals surface area contributed by atoms with Gasteiger partial charge in [0.05, 0.1) is 17.2 Å². The van der Waals surface area contributed by atoms with Crippen LogP contribution in [0.3, 0.4) is 0 Å². The van der Waals surface area contributed by atoms with Crippen LogP contribution in [-0.4, -0.2) is 29.6 Å². The Morgan fingerprint density at radius 2 is 1.67 bits per heavy atom. The van der Waals surface area contributed by atoms with E-state index in [9.17, 15) is 13.2 Å². The van der Waals surface area contributed by atoms with Gasteiger partial charge in [0.15, 0.2) is 0 Å². The number of halogens is 4. The zero-order valence-corrected chi connectivity index (χ0v) is 21.1. The van der Waals surface area contributed by atoms with Gasteiger partial charge in [-0.05, 0) is 41.3 Å². The van der Waals surface area contributed by atoms with Gasteiger partial charge in [-0.3, -0.25) is 4.90 Å². The van der Waals surface area contributed by atoms with Crippen molar-refractivity contribution in [1.82, 2.24) is 9.88 Å². The summed E-state index contributed by atoms with van der Waals surface area (Å²) in [7, 11) is 0. The number of benzene rings is 3. The molecule has 1 N–H and O–H groups in total. The Balaban J connectivity index is 1.50. The highest BCUT2D eigenvalue weighted by Gasteiger charge is 2.34. The Morgan fingerprint density at radius 1 is 0.917 bits per heavy atom. The molecule has 0 aliphatic rings. The minimum atomic E-state index is -4.49. The van der Waals surface area contributed by atoms with Crippen LogP contribution < -0.4 is 4.74 Å². The minimum Gasteiger partial charge on any atom is -0.493 e. The number of fused-ring (bicyclic) bond motifs is 1. The summed E-state index contributed by atoms with van der Waals surface area (Å²) in [6.45, 7) is 6.34. The van der Waals surface area contributed by atoms with Crippen LogP contribution >= 0.6 is 11.6 Å². The van der Waals surface area contributed by atoms with E-state index in [1.807, 2.05) is 48.7 Å². The molecule has 0 saturated carbocycles. The van der Waals surface area contributed by atoms with Crippen molar-refractivity contribution in [1.29, 1.82) is 0 Å². The number of nitrogens with one attached hydrogen (secondary N) is 1. The molecule has 7 heteroatoms. The average Bonchev–Trinajstić information content (AvgIpc) is 3.33. The molecule has 190 valence electrons. The van der Waals surface area contributed by atoms with Gasteiger partial charge >= 0.3 is 6.18 Å². The molecular formula is C29H30ClF3N2O. The highest BCUT2D eigenvalue weighted by Crippen LogP contribution is 2.37. The second-order valence-corrected chi connectivity index (χ2v) is 9.77. The Kier molecular flexibility index (Phi) is 8.27. The number of aromatic amines is 1. The molecule has 1 aromatic heterocycles. The number of hydrogen-bond acceptors (Lipinski definition) is 2. The zero-order chi connectivity index (χ0) is 25.7. The lowest BCUT2D eigenvalue weighted by Gasteiger charge is -2.29. The van der Waals surface area contributed by atoms with Crippen LogP contribution in [0.5, 0.6) is 5.75 Å². The van der Waals surface area contributed by atoms with Gasteiger partial charge in [0.25, 0.3) is 0 Å². The molecule has 1 heterocycles. The molecule has 3 aromatic carbocycles. The maximum absolute atomic E-state index is 13.4. The molecular weight excluding hydrogens is 485 g/mol. The maximum Gasteiger partial charge on any atom is 0.417 e. The van der Waals surface area contributed by atoms with Crippen molar-refractivity contribution in [3.8, 4) is 5.75 Å². The van der Waals surface area contributed by atoms with E-state index in [0.29, 0.717) is 31.8 Å². The summed E-state index contributed by atoms with van der Waals surface area (Å²) < 4.78 is 46.5. The number of hydrogen-bond donors (Lipinski definition) is 1. The first kappa shape index (κ1) is 26.1. The summed E-state index contributed by atoms with van der Waals surface area (Å²) >= 11 is 6.24. The lowest BCUT2D eigenvalue weighted by atomic mass is 9.99. The normalized spacial score (nSPS) is 13.8. The average molecular weight is 515 g/mol. The summed E-state index contributed by atoms with van der Waals surface area (Å²) in [6.07, 6.45) is -2.61. The van der Waals surface area contributed by atoms with Crippen molar-refractivity contribution < 1.29 is 17.9 Å². The fourth-order valence-corrected chi connectivity index (χ4v) is 4.84. The first-order valence-corrected chi connectivity index (χ1v) is 12.4. The smallest absolute Gasteiger partial charge is 0.417 e. The standard InChI is InChI=1S/C29H30ClF3N2O/c1-20(19-36-27-13-7-12-26-24(27)14-15-34-26)16-35(17-21(2)22-8-4-3-5-9-22)18-23-10-6-11-25(28(23)30)29(31,32)33/h3-15,20-21,34H,16-19H2,1-2H3. The van der Waals surface area contributed by atoms with E-state index in [1.165, 1.54) is 11.6 Å². The minimum absolute atomic E-state index is 0.131. The van der Waals surface area contributed by atoms with Crippen molar-refractivity contribution in [3.05, 3.63) is 101 Å². The van der Waals surface area contributed by atoms with E-state index in [1.54, 1.807) is 6.07 Å². The van der Waals surface area contributed by atoms with Crippen LogP contribution in [0.15, 0.2) is 79.0 Å². The third kappa shape index (κ3) is 6.42. The molecule has 0 radical (unpaired) electrons. The molecule has 2 atom stereocenters. The largest absolute Gasteiger partial charge is 0.493 e. The van der Waals surface area contributed by atoms with Gasteiger partial charge in [0, 0.05) is 42.7 Å². The van der Waals surface area contributed by atoms with Gasteiger partial charge in [-0.1, -0.05) is 74.0 Å². The second kappa shape index (κ2) is 11.4. The van der Waals surface area contributed by atoms with Crippen LogP contribution in [0.25, 0.3) is 10.9 Å². The quantitative estimate of drug-likeness (QED) is 0.231. The molecule has 0 bridgehead atoms. The molecule has 36 heavy (non-hydrogen) atoms. The first-order chi connectivity index (χ1) is 17.2. The number of alkyl halides is 3. The zero-order valence-electron chi connectivity index (χ0n) is 20.4. The van der Waals surface area contributed by atoms with E-state index in [4.69, 9.17) is 16.3 Å². The SMILES string of the molecule is CC(COc1cccc2[nH]ccc12)CN(Cc1cccc(C(F)(F)F)c1Cl)CC(C)c1ccccc1. The molecule has 0 spiro atoms. The lowest BCUT2D eigenvalue weighted by molar-refractivity contribution is -0.137. The van der Waals surface area contributed by atoms with Gasteiger partial charge in [0.2, 0.25) is 0 Å². The predicted octanol–water partition coefficient (Wildman–Crippen LogP) is 8.16. The third-order valence-electron chi connectivity index (χ3n) is 6.33. The number of H-pyrrole nitrogens is 1. The number of aromatic nitrogens is 1. The second-order valence-electron chi connectivity index (χ2n) is 9.39. The van der Waals surface area contributed by atoms with Crippen LogP contribution in [0.2, 0.25) is 5.02 Å². The predicted molar refractivity (Wildman–Crippen MR) is 140 cm³/mol. The van der Waals surface area contributed by atoms with Gasteiger partial charge in [0.1, 0.15) is 5.75 Å². The Morgan fingerprint density at radius 3 is 2.42 bits per heavy atom. The number of nitrogens with zero attached hydrogens (tertiary/aromatic N) is 1. The maximum atomic E-state index is 13.4. The van der Waals surface area contributed by atoms with Crippen molar-refractivity contribution >= 4 is 22.5 Å². The van der Waals surface area contributed by atoms with E-state index in [2.05, 4.69) is 35.9 Å².